The van der Waals surface area contributed by atoms with Crippen LogP contribution in [-0.2, 0) is 9.59 Å². The molecular formula is C24H16N12O2S4. The number of hydrogen-bond donors (Lipinski definition) is 4. The molecule has 0 saturated carbocycles. The van der Waals surface area contributed by atoms with E-state index in [0.717, 1.165) is 22.3 Å². The van der Waals surface area contributed by atoms with Crippen LogP contribution in [0.4, 0.5) is 20.5 Å². The van der Waals surface area contributed by atoms with Crippen molar-refractivity contribution in [3.8, 4) is 42.3 Å². The Morgan fingerprint density at radius 3 is 1.19 bits per heavy atom. The van der Waals surface area contributed by atoms with Gasteiger partial charge in [0.05, 0.1) is 13.1 Å². The predicted molar refractivity (Wildman–Crippen MR) is 163 cm³/mol. The molecule has 42 heavy (non-hydrogen) atoms. The van der Waals surface area contributed by atoms with Crippen molar-refractivity contribution < 1.29 is 9.59 Å². The fraction of sp³-hybridized carbons (Fsp3) is 0.0833. The van der Waals surface area contributed by atoms with Gasteiger partial charge in [0.2, 0.25) is 32.3 Å². The molecule has 0 radical (unpaired) electrons. The molecular weight excluding hydrogens is 617 g/mol. The lowest BCUT2D eigenvalue weighted by Crippen LogP contribution is -2.21. The van der Waals surface area contributed by atoms with Crippen LogP contribution in [-0.4, -0.2) is 65.7 Å². The van der Waals surface area contributed by atoms with Gasteiger partial charge in [-0.1, -0.05) is 81.7 Å². The van der Waals surface area contributed by atoms with Crippen molar-refractivity contribution in [1.82, 2.24) is 40.8 Å². The van der Waals surface area contributed by atoms with E-state index in [1.165, 1.54) is 45.3 Å². The van der Waals surface area contributed by atoms with Gasteiger partial charge in [0.1, 0.15) is 20.0 Å². The summed E-state index contributed by atoms with van der Waals surface area (Å²) < 4.78 is 0. The Morgan fingerprint density at radius 1 is 0.476 bits per heavy atom. The minimum Gasteiger partial charge on any atom is -0.351 e. The highest BCUT2D eigenvalue weighted by molar-refractivity contribution is 7.19. The van der Waals surface area contributed by atoms with E-state index in [4.69, 9.17) is 0 Å². The maximum absolute atomic E-state index is 12.6. The second-order valence-corrected chi connectivity index (χ2v) is 12.5. The van der Waals surface area contributed by atoms with Gasteiger partial charge in [-0.25, -0.2) is 0 Å². The van der Waals surface area contributed by atoms with Crippen LogP contribution in [0.25, 0.3) is 42.3 Å². The lowest BCUT2D eigenvalue weighted by Gasteiger charge is -2.02. The molecule has 6 aromatic rings. The summed E-state index contributed by atoms with van der Waals surface area (Å²) >= 11 is 5.15. The first kappa shape index (κ1) is 26.1. The number of fused-ring (bicyclic) bond motifs is 16. The Balaban J connectivity index is 1.18. The van der Waals surface area contributed by atoms with Crippen LogP contribution in [0.5, 0.6) is 0 Å². The van der Waals surface area contributed by atoms with Crippen LogP contribution in [0.15, 0.2) is 48.5 Å². The lowest BCUT2D eigenvalue weighted by atomic mass is 10.1. The summed E-state index contributed by atoms with van der Waals surface area (Å²) in [7, 11) is 0. The Kier molecular flexibility index (Phi) is 7.00. The van der Waals surface area contributed by atoms with Gasteiger partial charge in [0, 0.05) is 22.3 Å². The minimum atomic E-state index is -0.296. The number of aromatic nitrogens is 8. The van der Waals surface area contributed by atoms with E-state index >= 15 is 0 Å². The van der Waals surface area contributed by atoms with E-state index in [1.54, 1.807) is 0 Å². The number of anilines is 4. The number of amides is 2. The van der Waals surface area contributed by atoms with Crippen molar-refractivity contribution in [2.75, 3.05) is 34.4 Å². The van der Waals surface area contributed by atoms with Gasteiger partial charge in [0.25, 0.3) is 0 Å². The average Bonchev–Trinajstić information content (AvgIpc) is 3.82. The standard InChI is InChI=1S/C24H16N12O2S4/c37-15-9-25-21-33-29-17(39-21)11-3-1-4-12(7-11)18-30-34-22(40-18)26-10-16(38)28-24-36-32-20(42-24)14-6-2-5-13(8-14)19-31-35-23(27-15)41-19/h1-8H,9-10H2,(H,25,33)(H,26,34)(H,27,35,37)(H,28,36,38). The molecule has 0 fully saturated rings. The van der Waals surface area contributed by atoms with Crippen LogP contribution < -0.4 is 21.3 Å². The Labute approximate surface area is 252 Å². The van der Waals surface area contributed by atoms with Gasteiger partial charge in [-0.3, -0.25) is 20.2 Å². The average molecular weight is 633 g/mol. The topological polar surface area (TPSA) is 185 Å². The van der Waals surface area contributed by atoms with Crippen molar-refractivity contribution in [1.29, 1.82) is 0 Å². The zero-order valence-electron chi connectivity index (χ0n) is 21.1. The molecule has 0 aliphatic carbocycles. The molecule has 4 aromatic heterocycles. The fourth-order valence-corrected chi connectivity index (χ4v) is 6.80. The highest BCUT2D eigenvalue weighted by Crippen LogP contribution is 2.34. The zero-order chi connectivity index (χ0) is 28.5. The number of carbonyl (C=O) groups is 2. The predicted octanol–water partition coefficient (Wildman–Crippen LogP) is 4.18. The monoisotopic (exact) mass is 632 g/mol. The van der Waals surface area contributed by atoms with Crippen molar-refractivity contribution in [3.05, 3.63) is 48.5 Å². The van der Waals surface area contributed by atoms with Gasteiger partial charge in [0.15, 0.2) is 0 Å². The van der Waals surface area contributed by atoms with Gasteiger partial charge in [-0.2, -0.15) is 0 Å². The number of benzene rings is 2. The summed E-state index contributed by atoms with van der Waals surface area (Å²) in [6, 6.07) is 15.2. The van der Waals surface area contributed by atoms with Crippen LogP contribution in [0.3, 0.4) is 0 Å². The molecule has 0 unspecified atom stereocenters. The van der Waals surface area contributed by atoms with Crippen LogP contribution >= 0.6 is 45.3 Å². The van der Waals surface area contributed by atoms with Crippen molar-refractivity contribution in [2.24, 2.45) is 0 Å². The molecule has 0 saturated heterocycles. The van der Waals surface area contributed by atoms with Gasteiger partial charge in [-0.15, -0.1) is 40.8 Å². The first-order valence-corrected chi connectivity index (χ1v) is 15.5. The highest BCUT2D eigenvalue weighted by atomic mass is 32.1. The molecule has 208 valence electrons. The number of hydrogen-bond acceptors (Lipinski definition) is 16. The molecule has 4 N–H and O–H groups in total. The molecule has 18 heteroatoms. The van der Waals surface area contributed by atoms with Crippen molar-refractivity contribution >= 4 is 77.7 Å². The van der Waals surface area contributed by atoms with Gasteiger partial charge >= 0.3 is 0 Å². The third-order valence-corrected chi connectivity index (χ3v) is 9.34. The number of carbonyl (C=O) groups excluding carboxylic acids is 2. The number of rotatable bonds is 0. The smallest absolute Gasteiger partial charge is 0.245 e. The first-order chi connectivity index (χ1) is 20.6. The quantitative estimate of drug-likeness (QED) is 0.188. The maximum atomic E-state index is 12.6. The summed E-state index contributed by atoms with van der Waals surface area (Å²) in [6.07, 6.45) is 0. The van der Waals surface area contributed by atoms with Crippen molar-refractivity contribution in [2.45, 2.75) is 0 Å². The molecule has 12 bridgehead atoms. The Bertz CT molecular complexity index is 1800. The third-order valence-electron chi connectivity index (χ3n) is 5.71. The molecule has 2 amide bonds. The van der Waals surface area contributed by atoms with Crippen LogP contribution in [0.2, 0.25) is 0 Å². The van der Waals surface area contributed by atoms with Gasteiger partial charge in [-0.05, 0) is 12.1 Å². The highest BCUT2D eigenvalue weighted by Gasteiger charge is 2.16. The van der Waals surface area contributed by atoms with Crippen LogP contribution in [0.1, 0.15) is 0 Å². The summed E-state index contributed by atoms with van der Waals surface area (Å²) in [5, 5.41) is 49.4. The molecule has 7 rings (SSSR count). The molecule has 1 aliphatic rings. The van der Waals surface area contributed by atoms with E-state index < -0.39 is 0 Å². The Hall–Kier alpha value is -4.78. The summed E-state index contributed by atoms with van der Waals surface area (Å²) in [5.41, 5.74) is 3.29. The van der Waals surface area contributed by atoms with E-state index in [2.05, 4.69) is 62.1 Å². The van der Waals surface area contributed by atoms with E-state index in [1.807, 2.05) is 48.5 Å². The van der Waals surface area contributed by atoms with Crippen LogP contribution in [0, 0.1) is 0 Å². The Morgan fingerprint density at radius 2 is 0.810 bits per heavy atom. The van der Waals surface area contributed by atoms with Crippen molar-refractivity contribution in [3.63, 3.8) is 0 Å². The largest absolute Gasteiger partial charge is 0.351 e. The summed E-state index contributed by atoms with van der Waals surface area (Å²) in [6.45, 7) is -0.0366. The number of nitrogens with one attached hydrogen (secondary N) is 4. The SMILES string of the molecule is O=C1CNc2nnc(s2)-c2cccc(c2)-c2nnc(s2)NCC(=O)Nc2nnc(s2)-c2cccc(c2)-c2nnc(s2)N1. The third kappa shape index (κ3) is 5.68. The van der Waals surface area contributed by atoms with E-state index in [-0.39, 0.29) is 24.9 Å². The van der Waals surface area contributed by atoms with E-state index in [9.17, 15) is 9.59 Å². The normalized spacial score (nSPS) is 13.4. The van der Waals surface area contributed by atoms with E-state index in [0.29, 0.717) is 40.6 Å². The van der Waals surface area contributed by atoms with Gasteiger partial charge < -0.3 is 10.6 Å². The number of nitrogens with zero attached hydrogens (tertiary/aromatic N) is 8. The molecule has 0 atom stereocenters. The summed E-state index contributed by atoms with van der Waals surface area (Å²) in [5.74, 6) is -0.591. The second kappa shape index (κ2) is 11.2. The zero-order valence-corrected chi connectivity index (χ0v) is 24.3. The molecule has 2 aromatic carbocycles. The summed E-state index contributed by atoms with van der Waals surface area (Å²) in [4.78, 5) is 25.2. The lowest BCUT2D eigenvalue weighted by molar-refractivity contribution is -0.115. The fourth-order valence-electron chi connectivity index (χ4n) is 3.81. The second-order valence-electron chi connectivity index (χ2n) is 8.61. The minimum absolute atomic E-state index is 0.0183. The molecule has 0 spiro atoms. The first-order valence-electron chi connectivity index (χ1n) is 12.2. The molecule has 5 heterocycles. The molecule has 14 nitrogen and oxygen atoms in total. The maximum Gasteiger partial charge on any atom is 0.245 e. The molecule has 1 aliphatic heterocycles.